The van der Waals surface area contributed by atoms with Crippen LogP contribution in [0.5, 0.6) is 0 Å². The molecule has 6 heteroatoms. The van der Waals surface area contributed by atoms with E-state index >= 15 is 0 Å². The monoisotopic (exact) mass is 315 g/mol. The second-order valence-corrected chi connectivity index (χ2v) is 5.74. The third kappa shape index (κ3) is 3.48. The summed E-state index contributed by atoms with van der Waals surface area (Å²) in [4.78, 5) is 23.5. The van der Waals surface area contributed by atoms with Gasteiger partial charge in [0, 0.05) is 28.7 Å². The van der Waals surface area contributed by atoms with E-state index in [-0.39, 0.29) is 14.5 Å². The van der Waals surface area contributed by atoms with Gasteiger partial charge in [0.1, 0.15) is 17.3 Å². The van der Waals surface area contributed by atoms with Gasteiger partial charge < -0.3 is 16.0 Å². The van der Waals surface area contributed by atoms with Crippen molar-refractivity contribution in [2.75, 3.05) is 36.8 Å². The number of carbonyl (C=O) groups is 1. The molecule has 3 N–H and O–H groups in total. The fraction of sp³-hybridized carbons (Fsp3) is 0.353. The smallest absolute Gasteiger partial charge is 0.215 e. The largest absolute Gasteiger partial charge is 0.383 e. The molecule has 1 saturated heterocycles. The molecule has 0 atom stereocenters. The van der Waals surface area contributed by atoms with Gasteiger partial charge >= 0.3 is 0 Å². The van der Waals surface area contributed by atoms with Gasteiger partial charge in [-0.15, -0.1) is 0 Å². The van der Waals surface area contributed by atoms with Crippen LogP contribution in [-0.4, -0.2) is 41.9 Å². The Morgan fingerprint density at radius 1 is 1.35 bits per heavy atom. The van der Waals surface area contributed by atoms with Crippen molar-refractivity contribution < 1.29 is 7.65 Å². The maximum absolute atomic E-state index is 12.7. The number of carbonyl (C=O) groups excluding carboxylic acids is 1. The van der Waals surface area contributed by atoms with E-state index in [4.69, 9.17) is 5.73 Å². The molecule has 0 aliphatic carbocycles. The quantitative estimate of drug-likeness (QED) is 0.842. The van der Waals surface area contributed by atoms with Crippen LogP contribution < -0.4 is 16.0 Å². The summed E-state index contributed by atoms with van der Waals surface area (Å²) in [7, 11) is 0. The molecule has 1 aliphatic rings. The van der Waals surface area contributed by atoms with Crippen LogP contribution in [0.4, 0.5) is 11.6 Å². The lowest BCUT2D eigenvalue weighted by Gasteiger charge is -2.22. The van der Waals surface area contributed by atoms with Crippen molar-refractivity contribution in [2.24, 2.45) is 0 Å². The summed E-state index contributed by atoms with van der Waals surface area (Å²) >= 11 is 0. The number of pyridine rings is 2. The number of nitrogens with two attached hydrogens (primary N) is 1. The molecule has 0 unspecified atom stereocenters. The fourth-order valence-corrected chi connectivity index (χ4v) is 2.75. The van der Waals surface area contributed by atoms with E-state index < -0.39 is 0 Å². The Balaban J connectivity index is 0.00000156. The molecule has 2 aromatic rings. The number of hydrogen-bond acceptors (Lipinski definition) is 6. The van der Waals surface area contributed by atoms with Crippen molar-refractivity contribution in [3.8, 4) is 0 Å². The highest BCUT2D eigenvalue weighted by atomic mass is 16.1. The van der Waals surface area contributed by atoms with E-state index in [2.05, 4.69) is 20.2 Å². The van der Waals surface area contributed by atoms with E-state index in [1.165, 1.54) is 0 Å². The van der Waals surface area contributed by atoms with E-state index in [0.29, 0.717) is 11.3 Å². The number of nitrogens with one attached hydrogen (secondary N) is 1. The van der Waals surface area contributed by atoms with Gasteiger partial charge in [-0.2, -0.15) is 0 Å². The minimum absolute atomic E-state index is 0. The molecule has 6 nitrogen and oxygen atoms in total. The normalized spacial score (nSPS) is 15.3. The van der Waals surface area contributed by atoms with E-state index in [1.54, 1.807) is 24.4 Å². The average Bonchev–Trinajstić information content (AvgIpc) is 2.83. The number of anilines is 2. The van der Waals surface area contributed by atoms with Gasteiger partial charge in [0.2, 0.25) is 5.78 Å². The lowest BCUT2D eigenvalue weighted by Crippen LogP contribution is -2.29. The summed E-state index contributed by atoms with van der Waals surface area (Å²) in [5.74, 6) is 0.898. The Morgan fingerprint density at radius 3 is 3.04 bits per heavy atom. The lowest BCUT2D eigenvalue weighted by molar-refractivity contribution is 0.103. The summed E-state index contributed by atoms with van der Waals surface area (Å²) in [5, 5.41) is 3.37. The van der Waals surface area contributed by atoms with Gasteiger partial charge in [0.15, 0.2) is 0 Å². The average molecular weight is 315 g/mol. The summed E-state index contributed by atoms with van der Waals surface area (Å²) in [6.45, 7) is 5.74. The zero-order valence-corrected chi connectivity index (χ0v) is 13.2. The molecule has 3 heterocycles. The number of aryl methyl sites for hydroxylation is 1. The van der Waals surface area contributed by atoms with E-state index in [0.717, 1.165) is 44.0 Å². The van der Waals surface area contributed by atoms with Crippen LogP contribution in [0.3, 0.4) is 0 Å². The third-order valence-electron chi connectivity index (χ3n) is 3.94. The molecule has 23 heavy (non-hydrogen) atoms. The molecule has 124 valence electrons. The third-order valence-corrected chi connectivity index (χ3v) is 3.94. The SMILES string of the molecule is Cc1cc(C(=O)c2cccnc2N)nc(N2CCCNCC2)c1.[HH].[HH]. The lowest BCUT2D eigenvalue weighted by atomic mass is 10.1. The van der Waals surface area contributed by atoms with Crippen molar-refractivity contribution in [3.63, 3.8) is 0 Å². The highest BCUT2D eigenvalue weighted by molar-refractivity contribution is 6.10. The molecule has 2 aromatic heterocycles. The van der Waals surface area contributed by atoms with E-state index in [9.17, 15) is 4.79 Å². The molecule has 3 rings (SSSR count). The Labute approximate surface area is 138 Å². The van der Waals surface area contributed by atoms with Crippen LogP contribution in [0.25, 0.3) is 0 Å². The second-order valence-electron chi connectivity index (χ2n) is 5.74. The zero-order chi connectivity index (χ0) is 16.2. The summed E-state index contributed by atoms with van der Waals surface area (Å²) in [5.41, 5.74) is 7.64. The summed E-state index contributed by atoms with van der Waals surface area (Å²) < 4.78 is 0. The topological polar surface area (TPSA) is 84.1 Å². The first kappa shape index (κ1) is 15.4. The number of ketones is 1. The Kier molecular flexibility index (Phi) is 4.52. The van der Waals surface area contributed by atoms with E-state index in [1.807, 2.05) is 13.0 Å². The first-order chi connectivity index (χ1) is 11.1. The molecular weight excluding hydrogens is 290 g/mol. The Bertz CT molecular complexity index is 718. The van der Waals surface area contributed by atoms with Crippen molar-refractivity contribution in [3.05, 3.63) is 47.3 Å². The summed E-state index contributed by atoms with van der Waals surface area (Å²) in [6.07, 6.45) is 2.64. The van der Waals surface area contributed by atoms with Crippen LogP contribution in [0.2, 0.25) is 0 Å². The zero-order valence-electron chi connectivity index (χ0n) is 13.2. The predicted octanol–water partition coefficient (Wildman–Crippen LogP) is 1.89. The van der Waals surface area contributed by atoms with Crippen molar-refractivity contribution in [1.82, 2.24) is 15.3 Å². The molecule has 0 radical (unpaired) electrons. The number of nitrogen functional groups attached to an aromatic ring is 1. The first-order valence-corrected chi connectivity index (χ1v) is 7.85. The Hall–Kier alpha value is -2.47. The van der Waals surface area contributed by atoms with Crippen LogP contribution in [0.1, 0.15) is 30.9 Å². The Morgan fingerprint density at radius 2 is 2.22 bits per heavy atom. The molecular formula is C17H25N5O. The van der Waals surface area contributed by atoms with Gasteiger partial charge in [0.25, 0.3) is 0 Å². The minimum Gasteiger partial charge on any atom is -0.383 e. The molecule has 0 amide bonds. The molecule has 0 bridgehead atoms. The van der Waals surface area contributed by atoms with Crippen LogP contribution in [0, 0.1) is 6.92 Å². The number of aromatic nitrogens is 2. The number of nitrogens with zero attached hydrogens (tertiary/aromatic N) is 3. The minimum atomic E-state index is -0.187. The van der Waals surface area contributed by atoms with Crippen LogP contribution in [-0.2, 0) is 0 Å². The highest BCUT2D eigenvalue weighted by Gasteiger charge is 2.18. The summed E-state index contributed by atoms with van der Waals surface area (Å²) in [6, 6.07) is 7.22. The van der Waals surface area contributed by atoms with Gasteiger partial charge in [-0.25, -0.2) is 9.97 Å². The second kappa shape index (κ2) is 6.75. The molecule has 1 fully saturated rings. The fourth-order valence-electron chi connectivity index (χ4n) is 2.75. The highest BCUT2D eigenvalue weighted by Crippen LogP contribution is 2.19. The van der Waals surface area contributed by atoms with Gasteiger partial charge in [-0.05, 0) is 49.7 Å². The first-order valence-electron chi connectivity index (χ1n) is 7.85. The van der Waals surface area contributed by atoms with Gasteiger partial charge in [-0.1, -0.05) is 0 Å². The maximum Gasteiger partial charge on any atom is 0.215 e. The molecule has 0 saturated carbocycles. The standard InChI is InChI=1S/C17H21N5O.2H2/c1-12-10-14(16(23)13-4-2-6-20-17(13)18)21-15(11-12)22-8-3-5-19-7-9-22;;/h2,4,6,10-11,19H,3,5,7-9H2,1H3,(H2,18,20);2*1H. The van der Waals surface area contributed by atoms with Gasteiger partial charge in [-0.3, -0.25) is 4.79 Å². The number of hydrogen-bond donors (Lipinski definition) is 2. The predicted molar refractivity (Wildman–Crippen MR) is 95.0 cm³/mol. The van der Waals surface area contributed by atoms with Crippen molar-refractivity contribution in [2.45, 2.75) is 13.3 Å². The molecule has 0 spiro atoms. The van der Waals surface area contributed by atoms with Crippen LogP contribution in [0.15, 0.2) is 30.5 Å². The maximum atomic E-state index is 12.7. The van der Waals surface area contributed by atoms with Crippen molar-refractivity contribution in [1.29, 1.82) is 0 Å². The number of rotatable bonds is 3. The van der Waals surface area contributed by atoms with Crippen LogP contribution >= 0.6 is 0 Å². The molecule has 0 aromatic carbocycles. The van der Waals surface area contributed by atoms with Crippen molar-refractivity contribution >= 4 is 17.4 Å². The van der Waals surface area contributed by atoms with Gasteiger partial charge in [0.05, 0.1) is 5.56 Å². The molecule has 1 aliphatic heterocycles.